The van der Waals surface area contributed by atoms with E-state index < -0.39 is 5.97 Å². The van der Waals surface area contributed by atoms with Gasteiger partial charge in [0, 0.05) is 6.42 Å². The van der Waals surface area contributed by atoms with Gasteiger partial charge in [-0.2, -0.15) is 0 Å². The summed E-state index contributed by atoms with van der Waals surface area (Å²) in [5.74, 6) is -0.643. The number of carbonyl (C=O) groups is 1. The van der Waals surface area contributed by atoms with Crippen molar-refractivity contribution >= 4 is 5.97 Å². The van der Waals surface area contributed by atoms with Gasteiger partial charge in [0.1, 0.15) is 0 Å². The van der Waals surface area contributed by atoms with Crippen LogP contribution in [-0.4, -0.2) is 35.6 Å². The van der Waals surface area contributed by atoms with Gasteiger partial charge in [-0.05, 0) is 45.3 Å². The summed E-state index contributed by atoms with van der Waals surface area (Å²) in [4.78, 5) is 13.6. The first-order valence-corrected chi connectivity index (χ1v) is 26.1. The molecule has 0 aromatic carbocycles. The molecule has 0 aliphatic carbocycles. The maximum Gasteiger partial charge on any atom is 0.303 e. The van der Waals surface area contributed by atoms with Crippen LogP contribution < -0.4 is 0 Å². The Balaban J connectivity index is 3.66. The van der Waals surface area contributed by atoms with E-state index in [1.54, 1.807) is 0 Å². The zero-order valence-corrected chi connectivity index (χ0v) is 38.5. The number of unbranched alkanes of at least 4 members (excludes halogenated alkanes) is 42. The smallest absolute Gasteiger partial charge is 0.303 e. The average molecular weight is 776 g/mol. The average Bonchev–Trinajstić information content (AvgIpc) is 3.18. The third-order valence-electron chi connectivity index (χ3n) is 12.5. The van der Waals surface area contributed by atoms with E-state index in [4.69, 9.17) is 5.11 Å². The van der Waals surface area contributed by atoms with Gasteiger partial charge in [0.05, 0.1) is 0 Å². The zero-order chi connectivity index (χ0) is 39.8. The summed E-state index contributed by atoms with van der Waals surface area (Å²) < 4.78 is 0. The van der Waals surface area contributed by atoms with Crippen molar-refractivity contribution in [2.75, 3.05) is 19.6 Å². The number of aliphatic carboxylic acids is 1. The molecule has 55 heavy (non-hydrogen) atoms. The van der Waals surface area contributed by atoms with E-state index in [0.717, 1.165) is 25.8 Å². The number of nitrogens with zero attached hydrogens (tertiary/aromatic N) is 1. The lowest BCUT2D eigenvalue weighted by atomic mass is 10.0. The Bertz CT molecular complexity index is 649. The van der Waals surface area contributed by atoms with Gasteiger partial charge >= 0.3 is 5.97 Å². The summed E-state index contributed by atoms with van der Waals surface area (Å²) in [5, 5.41) is 8.98. The molecule has 0 fully saturated rings. The first-order chi connectivity index (χ1) is 27.2. The second-order valence-electron chi connectivity index (χ2n) is 18.2. The summed E-state index contributed by atoms with van der Waals surface area (Å²) >= 11 is 0. The second-order valence-corrected chi connectivity index (χ2v) is 18.2. The fourth-order valence-corrected chi connectivity index (χ4v) is 8.66. The molecule has 0 saturated heterocycles. The first-order valence-electron chi connectivity index (χ1n) is 26.1. The number of carboxylic acid groups (broad SMARTS) is 1. The van der Waals surface area contributed by atoms with Gasteiger partial charge in [-0.3, -0.25) is 4.79 Å². The molecule has 0 saturated carbocycles. The molecule has 3 heteroatoms. The molecule has 0 amide bonds. The van der Waals surface area contributed by atoms with Crippen molar-refractivity contribution < 1.29 is 9.90 Å². The van der Waals surface area contributed by atoms with Crippen molar-refractivity contribution in [3.05, 3.63) is 0 Å². The van der Waals surface area contributed by atoms with Crippen LogP contribution in [0.3, 0.4) is 0 Å². The Labute approximate surface area is 348 Å². The summed E-state index contributed by atoms with van der Waals surface area (Å²) in [5.41, 5.74) is 0. The van der Waals surface area contributed by atoms with Gasteiger partial charge in [-0.15, -0.1) is 0 Å². The summed E-state index contributed by atoms with van der Waals surface area (Å²) in [6, 6.07) is 0. The topological polar surface area (TPSA) is 40.5 Å². The minimum Gasteiger partial charge on any atom is -0.481 e. The molecule has 0 spiro atoms. The van der Waals surface area contributed by atoms with E-state index in [-0.39, 0.29) is 0 Å². The van der Waals surface area contributed by atoms with E-state index in [0.29, 0.717) is 6.42 Å². The largest absolute Gasteiger partial charge is 0.481 e. The van der Waals surface area contributed by atoms with Crippen LogP contribution in [0.25, 0.3) is 0 Å². The standard InChI is InChI=1S/C52H105NO2/c1-3-5-7-9-11-13-15-17-19-21-23-25-27-29-31-33-35-37-39-41-45-49-53(51-47-43-44-48-52(54)55)50-46-42-40-38-36-34-32-30-28-26-24-22-20-18-16-14-12-10-8-6-4-2/h3-51H2,1-2H3,(H,54,55). The van der Waals surface area contributed by atoms with Crippen molar-refractivity contribution in [3.8, 4) is 0 Å². The van der Waals surface area contributed by atoms with E-state index in [1.807, 2.05) is 0 Å². The van der Waals surface area contributed by atoms with Crippen LogP contribution in [0.15, 0.2) is 0 Å². The zero-order valence-electron chi connectivity index (χ0n) is 38.5. The van der Waals surface area contributed by atoms with E-state index in [2.05, 4.69) is 18.7 Å². The fraction of sp³-hybridized carbons (Fsp3) is 0.981. The normalized spacial score (nSPS) is 11.7. The molecule has 0 radical (unpaired) electrons. The van der Waals surface area contributed by atoms with E-state index in [1.165, 1.54) is 283 Å². The molecule has 0 atom stereocenters. The minimum atomic E-state index is -0.643. The lowest BCUT2D eigenvalue weighted by molar-refractivity contribution is -0.137. The van der Waals surface area contributed by atoms with Gasteiger partial charge in [-0.1, -0.05) is 277 Å². The molecule has 0 rings (SSSR count). The Hall–Kier alpha value is -0.570. The van der Waals surface area contributed by atoms with Crippen LogP contribution >= 0.6 is 0 Å². The summed E-state index contributed by atoms with van der Waals surface area (Å²) in [6.45, 7) is 8.27. The minimum absolute atomic E-state index is 0.332. The van der Waals surface area contributed by atoms with Crippen LogP contribution in [0.2, 0.25) is 0 Å². The number of hydrogen-bond acceptors (Lipinski definition) is 2. The third-order valence-corrected chi connectivity index (χ3v) is 12.5. The molecular formula is C52H105NO2. The van der Waals surface area contributed by atoms with Crippen molar-refractivity contribution in [3.63, 3.8) is 0 Å². The first kappa shape index (κ1) is 54.4. The Morgan fingerprint density at radius 1 is 0.273 bits per heavy atom. The van der Waals surface area contributed by atoms with Gasteiger partial charge in [0.15, 0.2) is 0 Å². The van der Waals surface area contributed by atoms with Crippen molar-refractivity contribution in [2.24, 2.45) is 0 Å². The van der Waals surface area contributed by atoms with Crippen LogP contribution in [0.1, 0.15) is 309 Å². The Kier molecular flexibility index (Phi) is 49.1. The van der Waals surface area contributed by atoms with Gasteiger partial charge < -0.3 is 10.0 Å². The maximum absolute atomic E-state index is 10.9. The van der Waals surface area contributed by atoms with Crippen LogP contribution in [0.4, 0.5) is 0 Å². The third kappa shape index (κ3) is 49.5. The molecule has 0 unspecified atom stereocenters. The molecule has 0 aliphatic heterocycles. The fourth-order valence-electron chi connectivity index (χ4n) is 8.66. The highest BCUT2D eigenvalue weighted by atomic mass is 16.4. The van der Waals surface area contributed by atoms with Crippen molar-refractivity contribution in [2.45, 2.75) is 309 Å². The van der Waals surface area contributed by atoms with Crippen LogP contribution in [0.5, 0.6) is 0 Å². The molecule has 1 N–H and O–H groups in total. The number of hydrogen-bond donors (Lipinski definition) is 1. The summed E-state index contributed by atoms with van der Waals surface area (Å²) in [6.07, 6.45) is 63.9. The molecule has 0 bridgehead atoms. The van der Waals surface area contributed by atoms with Crippen molar-refractivity contribution in [1.29, 1.82) is 0 Å². The van der Waals surface area contributed by atoms with E-state index in [9.17, 15) is 4.79 Å². The molecule has 0 aromatic rings. The maximum atomic E-state index is 10.9. The van der Waals surface area contributed by atoms with Gasteiger partial charge in [-0.25, -0.2) is 0 Å². The number of carboxylic acids is 1. The van der Waals surface area contributed by atoms with Gasteiger partial charge in [0.2, 0.25) is 0 Å². The predicted molar refractivity (Wildman–Crippen MR) is 248 cm³/mol. The highest BCUT2D eigenvalue weighted by Crippen LogP contribution is 2.18. The molecule has 330 valence electrons. The SMILES string of the molecule is CCCCCCCCCCCCCCCCCCCCCCCN(CCCCCCCCCCCCCCCCCCCCCCC)CCCCCC(=O)O. The van der Waals surface area contributed by atoms with Crippen LogP contribution in [-0.2, 0) is 4.79 Å². The molecule has 0 aliphatic rings. The molecule has 0 aromatic heterocycles. The second kappa shape index (κ2) is 49.6. The molecular weight excluding hydrogens is 671 g/mol. The van der Waals surface area contributed by atoms with Crippen LogP contribution in [0, 0.1) is 0 Å². The lowest BCUT2D eigenvalue weighted by Crippen LogP contribution is -2.27. The highest BCUT2D eigenvalue weighted by molar-refractivity contribution is 5.66. The van der Waals surface area contributed by atoms with E-state index >= 15 is 0 Å². The lowest BCUT2D eigenvalue weighted by Gasteiger charge is -2.22. The Morgan fingerprint density at radius 3 is 0.618 bits per heavy atom. The quantitative estimate of drug-likeness (QED) is 0.0626. The van der Waals surface area contributed by atoms with Gasteiger partial charge in [0.25, 0.3) is 0 Å². The molecule has 3 nitrogen and oxygen atoms in total. The number of rotatable bonds is 50. The summed E-state index contributed by atoms with van der Waals surface area (Å²) in [7, 11) is 0. The highest BCUT2D eigenvalue weighted by Gasteiger charge is 2.06. The Morgan fingerprint density at radius 2 is 0.436 bits per heavy atom. The predicted octanol–water partition coefficient (Wildman–Crippen LogP) is 18.4. The van der Waals surface area contributed by atoms with Crippen molar-refractivity contribution in [1.82, 2.24) is 4.90 Å². The molecule has 0 heterocycles. The monoisotopic (exact) mass is 776 g/mol.